The highest BCUT2D eigenvalue weighted by Crippen LogP contribution is 2.58. The summed E-state index contributed by atoms with van der Waals surface area (Å²) in [6, 6.07) is 11.5. The molecule has 3 aromatic rings. The number of fused-ring (bicyclic) bond motifs is 2. The Morgan fingerprint density at radius 1 is 1.03 bits per heavy atom. The van der Waals surface area contributed by atoms with Crippen molar-refractivity contribution in [2.24, 2.45) is 17.9 Å². The number of aromatic hydroxyl groups is 1. The first-order valence-electron chi connectivity index (χ1n) is 12.1. The third-order valence-corrected chi connectivity index (χ3v) is 8.24. The van der Waals surface area contributed by atoms with E-state index >= 15 is 0 Å². The third kappa shape index (κ3) is 3.99. The van der Waals surface area contributed by atoms with Gasteiger partial charge >= 0.3 is 0 Å². The van der Waals surface area contributed by atoms with Crippen molar-refractivity contribution >= 4 is 5.82 Å². The molecule has 2 aliphatic carbocycles. The van der Waals surface area contributed by atoms with Crippen LogP contribution in [0, 0.1) is 17.8 Å². The summed E-state index contributed by atoms with van der Waals surface area (Å²) in [5.74, 6) is 0.997. The number of anilines is 1. The summed E-state index contributed by atoms with van der Waals surface area (Å²) in [7, 11) is 3.85. The summed E-state index contributed by atoms with van der Waals surface area (Å²) >= 11 is 0. The predicted molar refractivity (Wildman–Crippen MR) is 136 cm³/mol. The summed E-state index contributed by atoms with van der Waals surface area (Å²) in [5.41, 5.74) is 4.65. The Balaban J connectivity index is 1.40. The van der Waals surface area contributed by atoms with Crippen molar-refractivity contribution in [3.63, 3.8) is 0 Å². The van der Waals surface area contributed by atoms with Crippen LogP contribution in [0.2, 0.25) is 0 Å². The minimum atomic E-state index is -0.0833. The lowest BCUT2D eigenvalue weighted by Crippen LogP contribution is -2.42. The van der Waals surface area contributed by atoms with Gasteiger partial charge in [-0.15, -0.1) is 10.2 Å². The maximum Gasteiger partial charge on any atom is 0.250 e. The van der Waals surface area contributed by atoms with Crippen molar-refractivity contribution < 1.29 is 5.11 Å². The molecule has 178 valence electrons. The Morgan fingerprint density at radius 2 is 1.74 bits per heavy atom. The average molecular weight is 459 g/mol. The van der Waals surface area contributed by atoms with Crippen molar-refractivity contribution in [3.8, 4) is 28.1 Å². The molecule has 0 radical (unpaired) electrons. The molecule has 0 saturated heterocycles. The van der Waals surface area contributed by atoms with Gasteiger partial charge in [0.2, 0.25) is 0 Å². The predicted octanol–water partition coefficient (Wildman–Crippen LogP) is 5.32. The smallest absolute Gasteiger partial charge is 0.250 e. The van der Waals surface area contributed by atoms with Crippen LogP contribution < -0.4 is 10.5 Å². The Hall–Kier alpha value is -3.15. The van der Waals surface area contributed by atoms with Crippen LogP contribution in [0.25, 0.3) is 22.4 Å². The molecule has 2 bridgehead atoms. The molecule has 3 atom stereocenters. The molecule has 5 rings (SSSR count). The van der Waals surface area contributed by atoms with E-state index in [0.29, 0.717) is 28.1 Å². The fraction of sp³-hybridized carbons (Fsp3) is 0.464. The zero-order valence-corrected chi connectivity index (χ0v) is 20.8. The highest BCUT2D eigenvalue weighted by molar-refractivity contribution is 5.77. The first-order chi connectivity index (χ1) is 16.1. The summed E-state index contributed by atoms with van der Waals surface area (Å²) in [6.07, 6.45) is 8.12. The molecule has 2 saturated carbocycles. The van der Waals surface area contributed by atoms with Crippen LogP contribution in [0.4, 0.5) is 5.82 Å². The van der Waals surface area contributed by atoms with Crippen molar-refractivity contribution in [1.29, 1.82) is 0 Å². The average Bonchev–Trinajstić information content (AvgIpc) is 3.03. The number of hydrogen-bond donors (Lipinski definition) is 1. The fourth-order valence-corrected chi connectivity index (χ4v) is 6.42. The van der Waals surface area contributed by atoms with Gasteiger partial charge in [0.05, 0.1) is 5.69 Å². The second kappa shape index (κ2) is 7.97. The van der Waals surface area contributed by atoms with Gasteiger partial charge in [-0.05, 0) is 96.9 Å². The third-order valence-electron chi connectivity index (χ3n) is 8.24. The summed E-state index contributed by atoms with van der Waals surface area (Å²) in [4.78, 5) is 14.3. The number of aromatic nitrogens is 3. The molecule has 2 heterocycles. The van der Waals surface area contributed by atoms with Crippen LogP contribution >= 0.6 is 0 Å². The van der Waals surface area contributed by atoms with Gasteiger partial charge in [0.15, 0.2) is 5.82 Å². The van der Waals surface area contributed by atoms with Crippen molar-refractivity contribution in [1.82, 2.24) is 14.8 Å². The number of pyridine rings is 1. The minimum absolute atomic E-state index is 0.0833. The highest BCUT2D eigenvalue weighted by Gasteiger charge is 2.50. The van der Waals surface area contributed by atoms with Gasteiger partial charge < -0.3 is 14.6 Å². The number of aryl methyl sites for hydroxylation is 2. The second-order valence-corrected chi connectivity index (χ2v) is 11.3. The van der Waals surface area contributed by atoms with Gasteiger partial charge in [-0.1, -0.05) is 13.8 Å². The maximum atomic E-state index is 12.1. The lowest BCUT2D eigenvalue weighted by molar-refractivity contribution is 0.148. The highest BCUT2D eigenvalue weighted by atomic mass is 16.3. The molecule has 0 unspecified atom stereocenters. The van der Waals surface area contributed by atoms with Crippen LogP contribution in [-0.4, -0.2) is 33.0 Å². The molecule has 1 N–H and O–H groups in total. The minimum Gasteiger partial charge on any atom is -0.507 e. The van der Waals surface area contributed by atoms with Gasteiger partial charge in [-0.3, -0.25) is 4.79 Å². The monoisotopic (exact) mass is 458 g/mol. The van der Waals surface area contributed by atoms with Crippen molar-refractivity contribution in [2.45, 2.75) is 58.9 Å². The van der Waals surface area contributed by atoms with E-state index < -0.39 is 0 Å². The summed E-state index contributed by atoms with van der Waals surface area (Å²) in [6.45, 7) is 6.86. The van der Waals surface area contributed by atoms with E-state index in [2.05, 4.69) is 36.0 Å². The van der Waals surface area contributed by atoms with Crippen molar-refractivity contribution in [2.75, 3.05) is 11.9 Å². The van der Waals surface area contributed by atoms with Gasteiger partial charge in [0.1, 0.15) is 5.75 Å². The van der Waals surface area contributed by atoms with E-state index in [1.54, 1.807) is 25.4 Å². The molecule has 1 aromatic carbocycles. The number of phenols is 1. The Bertz CT molecular complexity index is 1280. The largest absolute Gasteiger partial charge is 0.507 e. The van der Waals surface area contributed by atoms with Crippen LogP contribution in [0.1, 0.15) is 51.5 Å². The molecule has 6 nitrogen and oxygen atoms in total. The SMILES string of the molecule is Cc1cc(-c2ccc(N(C)[C@H]3C[C@]4(C)CC[C@](C)(C3)C4)nn2)c(O)cc1-c1ccn(C)c(=O)c1. The lowest BCUT2D eigenvalue weighted by atomic mass is 9.68. The van der Waals surface area contributed by atoms with E-state index in [-0.39, 0.29) is 11.3 Å². The van der Waals surface area contributed by atoms with Crippen molar-refractivity contribution in [3.05, 3.63) is 58.5 Å². The van der Waals surface area contributed by atoms with E-state index in [9.17, 15) is 9.90 Å². The molecule has 2 aliphatic rings. The zero-order valence-electron chi connectivity index (χ0n) is 20.8. The molecule has 34 heavy (non-hydrogen) atoms. The second-order valence-electron chi connectivity index (χ2n) is 11.3. The van der Waals surface area contributed by atoms with Crippen LogP contribution in [-0.2, 0) is 7.05 Å². The van der Waals surface area contributed by atoms with Gasteiger partial charge in [0, 0.05) is 38.0 Å². The molecule has 2 fully saturated rings. The Kier molecular flexibility index (Phi) is 5.30. The topological polar surface area (TPSA) is 71.2 Å². The molecule has 0 amide bonds. The summed E-state index contributed by atoms with van der Waals surface area (Å²) in [5, 5.41) is 19.8. The molecule has 2 aromatic heterocycles. The van der Waals surface area contributed by atoms with Crippen LogP contribution in [0.5, 0.6) is 5.75 Å². The van der Waals surface area contributed by atoms with Crippen LogP contribution in [0.15, 0.2) is 47.4 Å². The standard InChI is InChI=1S/C28H34N4O2/c1-18-12-22(24(33)14-21(18)19-8-11-31(4)26(34)13-19)23-6-7-25(30-29-23)32(5)20-15-27(2)9-10-28(3,16-20)17-27/h6-8,11-14,20,33H,9-10,15-17H2,1-5H3/t20-,27-,28+. The zero-order chi connectivity index (χ0) is 24.3. The van der Waals surface area contributed by atoms with Gasteiger partial charge in [0.25, 0.3) is 5.56 Å². The first kappa shape index (κ1) is 22.6. The normalized spacial score (nSPS) is 26.0. The number of hydrogen-bond acceptors (Lipinski definition) is 5. The number of benzene rings is 1. The van der Waals surface area contributed by atoms with E-state index in [1.165, 1.54) is 36.7 Å². The number of phenolic OH excluding ortho intramolecular Hbond substituents is 1. The molecule has 0 spiro atoms. The number of nitrogens with zero attached hydrogens (tertiary/aromatic N) is 4. The van der Waals surface area contributed by atoms with Crippen LogP contribution in [0.3, 0.4) is 0 Å². The molecular weight excluding hydrogens is 424 g/mol. The fourth-order valence-electron chi connectivity index (χ4n) is 6.42. The summed E-state index contributed by atoms with van der Waals surface area (Å²) < 4.78 is 1.53. The molecule has 6 heteroatoms. The molecular formula is C28H34N4O2. The number of rotatable bonds is 4. The Morgan fingerprint density at radius 3 is 2.35 bits per heavy atom. The lowest BCUT2D eigenvalue weighted by Gasteiger charge is -2.44. The maximum absolute atomic E-state index is 12.1. The quantitative estimate of drug-likeness (QED) is 0.573. The van der Waals surface area contributed by atoms with Gasteiger partial charge in [-0.25, -0.2) is 0 Å². The van der Waals surface area contributed by atoms with E-state index in [1.807, 2.05) is 31.2 Å². The Labute approximate surface area is 201 Å². The van der Waals surface area contributed by atoms with Gasteiger partial charge in [-0.2, -0.15) is 0 Å². The van der Waals surface area contributed by atoms with E-state index in [0.717, 1.165) is 22.5 Å². The van der Waals surface area contributed by atoms with E-state index in [4.69, 9.17) is 0 Å². The molecule has 0 aliphatic heterocycles. The first-order valence-corrected chi connectivity index (χ1v) is 12.1.